The van der Waals surface area contributed by atoms with Crippen molar-refractivity contribution in [2.24, 2.45) is 0 Å². The number of aliphatic hydroxyl groups is 2. The van der Waals surface area contributed by atoms with Gasteiger partial charge in [-0.05, 0) is 83.5 Å². The van der Waals surface area contributed by atoms with Crippen LogP contribution in [0.4, 0.5) is 0 Å². The number of carboxylic acid groups (broad SMARTS) is 1. The maximum absolute atomic E-state index is 13.3. The largest absolute Gasteiger partial charge is 0.479 e. The molecule has 1 fully saturated rings. The molecule has 85 heavy (non-hydrogen) atoms. The average Bonchev–Trinajstić information content (AvgIpc) is 3.46. The van der Waals surface area contributed by atoms with Crippen molar-refractivity contribution in [2.45, 2.75) is 366 Å². The Morgan fingerprint density at radius 2 is 0.741 bits per heavy atom. The Hall–Kier alpha value is -3.58. The zero-order valence-electron chi connectivity index (χ0n) is 54.6. The van der Waals surface area contributed by atoms with E-state index >= 15 is 0 Å². The van der Waals surface area contributed by atoms with Crippen LogP contribution in [-0.4, -0.2) is 89.2 Å². The van der Waals surface area contributed by atoms with Crippen LogP contribution in [0.15, 0.2) is 60.8 Å². The van der Waals surface area contributed by atoms with E-state index < -0.39 is 67.3 Å². The minimum atomic E-state index is -1.91. The first-order chi connectivity index (χ1) is 41.6. The molecule has 0 aliphatic carbocycles. The van der Waals surface area contributed by atoms with Gasteiger partial charge < -0.3 is 39.0 Å². The molecule has 0 aromatic rings. The molecule has 1 saturated heterocycles. The van der Waals surface area contributed by atoms with Gasteiger partial charge in [0.15, 0.2) is 24.6 Å². The third kappa shape index (κ3) is 50.0. The maximum atomic E-state index is 13.3. The Bertz CT molecular complexity index is 1710. The Morgan fingerprint density at radius 3 is 1.14 bits per heavy atom. The van der Waals surface area contributed by atoms with Crippen LogP contribution in [-0.2, 0) is 42.9 Å². The molecule has 1 aliphatic heterocycles. The van der Waals surface area contributed by atoms with Gasteiger partial charge in [-0.25, -0.2) is 4.79 Å². The van der Waals surface area contributed by atoms with Crippen molar-refractivity contribution in [2.75, 3.05) is 13.2 Å². The first kappa shape index (κ1) is 79.4. The summed E-state index contributed by atoms with van der Waals surface area (Å²) in [6, 6.07) is 0. The Kier molecular flexibility index (Phi) is 56.7. The van der Waals surface area contributed by atoms with Crippen LogP contribution in [0.2, 0.25) is 0 Å². The molecule has 12 nitrogen and oxygen atoms in total. The van der Waals surface area contributed by atoms with E-state index in [1.807, 2.05) is 0 Å². The number of hydrogen-bond acceptors (Lipinski definition) is 11. The molecule has 3 N–H and O–H groups in total. The van der Waals surface area contributed by atoms with Crippen LogP contribution >= 0.6 is 0 Å². The van der Waals surface area contributed by atoms with Crippen molar-refractivity contribution in [3.8, 4) is 0 Å². The number of rotatable bonds is 61. The van der Waals surface area contributed by atoms with Crippen LogP contribution in [0.3, 0.4) is 0 Å². The van der Waals surface area contributed by atoms with Gasteiger partial charge in [0, 0.05) is 19.3 Å². The molecule has 0 aromatic carbocycles. The highest BCUT2D eigenvalue weighted by Crippen LogP contribution is 2.27. The predicted molar refractivity (Wildman–Crippen MR) is 349 cm³/mol. The molecule has 6 atom stereocenters. The molecule has 0 aromatic heterocycles. The zero-order valence-corrected chi connectivity index (χ0v) is 54.6. The quantitative estimate of drug-likeness (QED) is 0.0228. The minimum absolute atomic E-state index is 0.0557. The lowest BCUT2D eigenvalue weighted by Crippen LogP contribution is -2.61. The van der Waals surface area contributed by atoms with E-state index in [-0.39, 0.29) is 25.9 Å². The molecule has 0 amide bonds. The summed E-state index contributed by atoms with van der Waals surface area (Å²) in [5, 5.41) is 31.7. The third-order valence-electron chi connectivity index (χ3n) is 16.1. The number of esters is 3. The monoisotopic (exact) mass is 1200 g/mol. The van der Waals surface area contributed by atoms with Gasteiger partial charge in [0.1, 0.15) is 18.8 Å². The molecule has 6 unspecified atom stereocenters. The third-order valence-corrected chi connectivity index (χ3v) is 16.1. The number of unbranched alkanes of at least 4 members (excludes halogenated alkanes) is 37. The minimum Gasteiger partial charge on any atom is -0.479 e. The summed E-state index contributed by atoms with van der Waals surface area (Å²) in [6.07, 6.45) is 64.6. The predicted octanol–water partition coefficient (Wildman–Crippen LogP) is 19.5. The van der Waals surface area contributed by atoms with E-state index in [1.54, 1.807) is 0 Å². The highest BCUT2D eigenvalue weighted by atomic mass is 16.7. The van der Waals surface area contributed by atoms with Crippen molar-refractivity contribution in [3.63, 3.8) is 0 Å². The Balaban J connectivity index is 2.64. The van der Waals surface area contributed by atoms with E-state index in [9.17, 15) is 34.5 Å². The van der Waals surface area contributed by atoms with Gasteiger partial charge in [-0.15, -0.1) is 0 Å². The van der Waals surface area contributed by atoms with Crippen molar-refractivity contribution < 1.29 is 58.2 Å². The maximum Gasteiger partial charge on any atom is 0.335 e. The van der Waals surface area contributed by atoms with Gasteiger partial charge >= 0.3 is 23.9 Å². The molecule has 0 spiro atoms. The van der Waals surface area contributed by atoms with Gasteiger partial charge in [0.2, 0.25) is 0 Å². The number of aliphatic hydroxyl groups excluding tert-OH is 2. The van der Waals surface area contributed by atoms with Gasteiger partial charge in [-0.1, -0.05) is 287 Å². The first-order valence-corrected chi connectivity index (χ1v) is 35.3. The highest BCUT2D eigenvalue weighted by molar-refractivity contribution is 5.74. The molecule has 1 heterocycles. The molecular weight excluding hydrogens is 1070 g/mol. The molecule has 1 aliphatic rings. The lowest BCUT2D eigenvalue weighted by atomic mass is 9.98. The lowest BCUT2D eigenvalue weighted by Gasteiger charge is -2.40. The second-order valence-electron chi connectivity index (χ2n) is 24.1. The molecule has 0 bridgehead atoms. The SMILES string of the molecule is CC/C=C\C/C=C\C/C=C\C/C=C\CCCCCCCCC(=O)OCC(COC1OC(C(=O)O)C(O)C(O)C1OC(=O)CCCCCCCCC/C=C\CCCCCCCC)OC(=O)CCCCCCCCCCCCCCCCCCCCC. The van der Waals surface area contributed by atoms with Gasteiger partial charge in [0.25, 0.3) is 0 Å². The summed E-state index contributed by atoms with van der Waals surface area (Å²) < 4.78 is 28.6. The van der Waals surface area contributed by atoms with Crippen LogP contribution in [0.25, 0.3) is 0 Å². The lowest BCUT2D eigenvalue weighted by molar-refractivity contribution is -0.301. The second-order valence-corrected chi connectivity index (χ2v) is 24.1. The normalized spacial score (nSPS) is 17.8. The number of allylic oxidation sites excluding steroid dienone is 10. The van der Waals surface area contributed by atoms with Crippen LogP contribution in [0.5, 0.6) is 0 Å². The summed E-state index contributed by atoms with van der Waals surface area (Å²) in [6.45, 7) is 5.93. The summed E-state index contributed by atoms with van der Waals surface area (Å²) in [7, 11) is 0. The van der Waals surface area contributed by atoms with Crippen LogP contribution in [0.1, 0.15) is 329 Å². The molecule has 492 valence electrons. The molecule has 0 radical (unpaired) electrons. The molecule has 1 rings (SSSR count). The van der Waals surface area contributed by atoms with Crippen LogP contribution in [0, 0.1) is 0 Å². The highest BCUT2D eigenvalue weighted by Gasteiger charge is 2.50. The molecule has 12 heteroatoms. The smallest absolute Gasteiger partial charge is 0.335 e. The van der Waals surface area contributed by atoms with Crippen molar-refractivity contribution in [3.05, 3.63) is 60.8 Å². The molecule has 0 saturated carbocycles. The number of carbonyl (C=O) groups excluding carboxylic acids is 3. The summed E-state index contributed by atoms with van der Waals surface area (Å²) >= 11 is 0. The van der Waals surface area contributed by atoms with Crippen LogP contribution < -0.4 is 0 Å². The average molecular weight is 1200 g/mol. The fourth-order valence-electron chi connectivity index (χ4n) is 10.7. The molecular formula is C73H128O12. The van der Waals surface area contributed by atoms with Crippen molar-refractivity contribution in [1.29, 1.82) is 0 Å². The number of hydrogen-bond donors (Lipinski definition) is 3. The summed E-state index contributed by atoms with van der Waals surface area (Å²) in [4.78, 5) is 51.5. The first-order valence-electron chi connectivity index (χ1n) is 35.3. The zero-order chi connectivity index (χ0) is 61.7. The van der Waals surface area contributed by atoms with Gasteiger partial charge in [-0.3, -0.25) is 14.4 Å². The standard InChI is InChI=1S/C73H128O12/c1-4-7-10-13-16-19-22-25-28-31-33-36-38-41-44-47-50-53-56-59-65(74)81-62-64(83-66(75)60-57-54-51-48-45-42-40-37-34-32-29-26-23-20-17-14-11-8-5-2)63-82-73-71(69(78)68(77)70(85-73)72(79)80)84-67(76)61-58-55-52-49-46-43-39-35-30-27-24-21-18-15-12-9-6-3/h7,10,16,19,25,27-28,30,33,36,64,68-71,73,77-78H,4-6,8-9,11-15,17-18,20-24,26,29,31-32,34-35,37-63H2,1-3H3,(H,79,80)/b10-7-,19-16-,28-25-,30-27-,36-33-. The van der Waals surface area contributed by atoms with Crippen molar-refractivity contribution >= 4 is 23.9 Å². The summed E-state index contributed by atoms with van der Waals surface area (Å²) in [5.41, 5.74) is 0. The second kappa shape index (κ2) is 60.7. The topological polar surface area (TPSA) is 175 Å². The van der Waals surface area contributed by atoms with E-state index in [4.69, 9.17) is 23.7 Å². The fourth-order valence-corrected chi connectivity index (χ4v) is 10.7. The Labute approximate surface area is 519 Å². The number of aliphatic carboxylic acids is 1. The van der Waals surface area contributed by atoms with E-state index in [0.29, 0.717) is 19.3 Å². The van der Waals surface area contributed by atoms with Crippen molar-refractivity contribution in [1.82, 2.24) is 0 Å². The van der Waals surface area contributed by atoms with E-state index in [0.717, 1.165) is 116 Å². The van der Waals surface area contributed by atoms with Gasteiger partial charge in [-0.2, -0.15) is 0 Å². The number of carboxylic acids is 1. The number of ether oxygens (including phenoxy) is 5. The van der Waals surface area contributed by atoms with E-state index in [2.05, 4.69) is 81.5 Å². The summed E-state index contributed by atoms with van der Waals surface area (Å²) in [5.74, 6) is -3.11. The number of carbonyl (C=O) groups is 4. The van der Waals surface area contributed by atoms with E-state index in [1.165, 1.54) is 154 Å². The van der Waals surface area contributed by atoms with Gasteiger partial charge in [0.05, 0.1) is 6.61 Å². The Morgan fingerprint density at radius 1 is 0.400 bits per heavy atom. The fraction of sp³-hybridized carbons (Fsp3) is 0.808.